The Morgan fingerprint density at radius 2 is 1.07 bits per heavy atom. The molecule has 2 atom stereocenters. The summed E-state index contributed by atoms with van der Waals surface area (Å²) in [7, 11) is 0. The lowest BCUT2D eigenvalue weighted by atomic mass is 9.99. The summed E-state index contributed by atoms with van der Waals surface area (Å²) in [6.45, 7) is 0. The molecule has 2 aliphatic rings. The van der Waals surface area contributed by atoms with Gasteiger partial charge in [0.2, 0.25) is 0 Å². The lowest BCUT2D eigenvalue weighted by molar-refractivity contribution is 0.409. The fourth-order valence-electron chi connectivity index (χ4n) is 8.62. The number of para-hydroxylation sites is 3. The monoisotopic (exact) mass is 745 g/mol. The van der Waals surface area contributed by atoms with Crippen molar-refractivity contribution in [1.82, 2.24) is 15.2 Å². The summed E-state index contributed by atoms with van der Waals surface area (Å²) in [5.41, 5.74) is 14.9. The quantitative estimate of drug-likeness (QED) is 0.178. The molecular formula is C53H39N5. The lowest BCUT2D eigenvalue weighted by Gasteiger charge is -2.32. The van der Waals surface area contributed by atoms with Gasteiger partial charge in [-0.2, -0.15) is 0 Å². The number of hydrogen-bond donors (Lipinski definition) is 2. The molecule has 0 amide bonds. The number of hydrogen-bond acceptors (Lipinski definition) is 4. The fourth-order valence-corrected chi connectivity index (χ4v) is 8.62. The number of anilines is 3. The van der Waals surface area contributed by atoms with Crippen LogP contribution in [-0.2, 0) is 0 Å². The van der Waals surface area contributed by atoms with Gasteiger partial charge in [0.1, 0.15) is 18.2 Å². The molecule has 9 aromatic rings. The van der Waals surface area contributed by atoms with Gasteiger partial charge >= 0.3 is 0 Å². The van der Waals surface area contributed by atoms with Crippen LogP contribution in [0, 0.1) is 0 Å². The largest absolute Gasteiger partial charge is 0.350 e. The molecule has 0 spiro atoms. The van der Waals surface area contributed by atoms with E-state index < -0.39 is 0 Å². The van der Waals surface area contributed by atoms with Gasteiger partial charge in [0, 0.05) is 27.7 Å². The molecule has 11 rings (SSSR count). The van der Waals surface area contributed by atoms with E-state index in [9.17, 15) is 0 Å². The standard InChI is InChI=1S/C53H39N5/c1-4-16-37(17-5-1)51-54-52(38-18-6-2-7-19-38)56-53(55-51)42-20-14-23-44(34-42)58-49-26-13-11-24-45(49)46-31-29-40(35-50(46)58)39-30-32-48-41(33-39)28-27-36-15-10-12-25-47(36)57(48)43-21-8-3-9-22-43/h1-35,51,53,55H,(H,54,56). The molecule has 0 radical (unpaired) electrons. The van der Waals surface area contributed by atoms with Crippen molar-refractivity contribution in [3.05, 3.63) is 228 Å². The van der Waals surface area contributed by atoms with Crippen LogP contribution in [-0.4, -0.2) is 10.4 Å². The molecule has 1 aromatic heterocycles. The predicted octanol–water partition coefficient (Wildman–Crippen LogP) is 12.7. The molecule has 58 heavy (non-hydrogen) atoms. The molecule has 2 unspecified atom stereocenters. The van der Waals surface area contributed by atoms with Crippen LogP contribution in [0.2, 0.25) is 0 Å². The fraction of sp³-hybridized carbons (Fsp3) is 0.0377. The van der Waals surface area contributed by atoms with E-state index >= 15 is 0 Å². The molecule has 0 fully saturated rings. The number of rotatable bonds is 6. The Balaban J connectivity index is 1.02. The third-order valence-electron chi connectivity index (χ3n) is 11.4. The van der Waals surface area contributed by atoms with Gasteiger partial charge in [0.25, 0.3) is 0 Å². The van der Waals surface area contributed by atoms with Gasteiger partial charge in [-0.15, -0.1) is 0 Å². The molecule has 5 heteroatoms. The van der Waals surface area contributed by atoms with Crippen LogP contribution >= 0.6 is 0 Å². The minimum absolute atomic E-state index is 0.108. The number of aliphatic imine (C=N–C) groups is 1. The summed E-state index contributed by atoms with van der Waals surface area (Å²) in [5.74, 6) is 0.872. The van der Waals surface area contributed by atoms with Crippen LogP contribution in [0.15, 0.2) is 205 Å². The molecule has 276 valence electrons. The number of aromatic nitrogens is 1. The Morgan fingerprint density at radius 1 is 0.431 bits per heavy atom. The second-order valence-corrected chi connectivity index (χ2v) is 14.9. The summed E-state index contributed by atoms with van der Waals surface area (Å²) in [6.07, 6.45) is 4.12. The van der Waals surface area contributed by atoms with E-state index in [-0.39, 0.29) is 12.3 Å². The van der Waals surface area contributed by atoms with Gasteiger partial charge in [-0.25, -0.2) is 4.99 Å². The van der Waals surface area contributed by atoms with Crippen LogP contribution < -0.4 is 15.5 Å². The number of nitrogens with one attached hydrogen (secondary N) is 2. The van der Waals surface area contributed by atoms with Crippen molar-refractivity contribution in [2.45, 2.75) is 12.3 Å². The summed E-state index contributed by atoms with van der Waals surface area (Å²) in [6, 6.07) is 71.5. The normalized spacial score (nSPS) is 16.0. The molecule has 2 aliphatic heterocycles. The highest BCUT2D eigenvalue weighted by molar-refractivity contribution is 6.10. The van der Waals surface area contributed by atoms with Crippen molar-refractivity contribution in [1.29, 1.82) is 0 Å². The third kappa shape index (κ3) is 5.97. The van der Waals surface area contributed by atoms with Crippen molar-refractivity contribution in [3.63, 3.8) is 0 Å². The minimum Gasteiger partial charge on any atom is -0.350 e. The Labute approximate surface area is 337 Å². The summed E-state index contributed by atoms with van der Waals surface area (Å²) in [4.78, 5) is 7.62. The van der Waals surface area contributed by atoms with Crippen LogP contribution in [0.25, 0.3) is 50.8 Å². The van der Waals surface area contributed by atoms with Gasteiger partial charge in [0.15, 0.2) is 0 Å². The summed E-state index contributed by atoms with van der Waals surface area (Å²) in [5, 5.41) is 9.90. The first-order valence-electron chi connectivity index (χ1n) is 19.9. The Hall–Kier alpha value is -7.47. The summed E-state index contributed by atoms with van der Waals surface area (Å²) < 4.78 is 2.41. The highest BCUT2D eigenvalue weighted by atomic mass is 15.3. The Bertz CT molecular complexity index is 3020. The third-order valence-corrected chi connectivity index (χ3v) is 11.4. The number of benzene rings is 8. The van der Waals surface area contributed by atoms with Gasteiger partial charge in [-0.1, -0.05) is 158 Å². The average molecular weight is 746 g/mol. The molecule has 8 aromatic carbocycles. The maximum absolute atomic E-state index is 5.25. The Kier molecular flexibility index (Phi) is 8.30. The first-order valence-corrected chi connectivity index (χ1v) is 19.9. The van der Waals surface area contributed by atoms with Gasteiger partial charge < -0.3 is 14.8 Å². The maximum Gasteiger partial charge on any atom is 0.131 e. The van der Waals surface area contributed by atoms with Gasteiger partial charge in [0.05, 0.1) is 22.4 Å². The number of nitrogens with zero attached hydrogens (tertiary/aromatic N) is 3. The first kappa shape index (κ1) is 33.8. The molecule has 0 aliphatic carbocycles. The van der Waals surface area contributed by atoms with E-state index in [1.807, 2.05) is 6.07 Å². The predicted molar refractivity (Wildman–Crippen MR) is 241 cm³/mol. The topological polar surface area (TPSA) is 44.6 Å². The highest BCUT2D eigenvalue weighted by Crippen LogP contribution is 2.44. The van der Waals surface area contributed by atoms with Crippen molar-refractivity contribution in [2.24, 2.45) is 4.99 Å². The number of amidine groups is 1. The van der Waals surface area contributed by atoms with Gasteiger partial charge in [-0.05, 0) is 88.0 Å². The Morgan fingerprint density at radius 3 is 1.93 bits per heavy atom. The van der Waals surface area contributed by atoms with E-state index in [2.05, 4.69) is 226 Å². The second kappa shape index (κ2) is 14.2. The molecule has 0 saturated heterocycles. The lowest BCUT2D eigenvalue weighted by Crippen LogP contribution is -2.44. The zero-order valence-corrected chi connectivity index (χ0v) is 31.7. The molecule has 0 saturated carbocycles. The van der Waals surface area contributed by atoms with E-state index in [1.165, 1.54) is 44.2 Å². The van der Waals surface area contributed by atoms with Crippen LogP contribution in [0.3, 0.4) is 0 Å². The zero-order chi connectivity index (χ0) is 38.4. The van der Waals surface area contributed by atoms with E-state index in [0.717, 1.165) is 45.1 Å². The SMILES string of the molecule is C1=Cc2cc(-c3ccc4c5ccccc5n(-c5cccc(C6N=C(c7ccccc7)NC(c7ccccc7)N6)c5)c4c3)ccc2N(c2ccccc2)c2ccccc21. The van der Waals surface area contributed by atoms with Crippen molar-refractivity contribution >= 4 is 56.9 Å². The molecule has 5 nitrogen and oxygen atoms in total. The first-order chi connectivity index (χ1) is 28.7. The van der Waals surface area contributed by atoms with Crippen LogP contribution in [0.5, 0.6) is 0 Å². The summed E-state index contributed by atoms with van der Waals surface area (Å²) >= 11 is 0. The van der Waals surface area contributed by atoms with E-state index in [4.69, 9.17) is 4.99 Å². The smallest absolute Gasteiger partial charge is 0.131 e. The maximum atomic E-state index is 5.25. The second-order valence-electron chi connectivity index (χ2n) is 14.9. The minimum atomic E-state index is -0.264. The van der Waals surface area contributed by atoms with Crippen molar-refractivity contribution in [3.8, 4) is 16.8 Å². The van der Waals surface area contributed by atoms with Gasteiger partial charge in [-0.3, -0.25) is 5.32 Å². The van der Waals surface area contributed by atoms with E-state index in [0.29, 0.717) is 0 Å². The molecular weight excluding hydrogens is 707 g/mol. The average Bonchev–Trinajstić information content (AvgIpc) is 3.53. The molecule has 0 bridgehead atoms. The molecule has 3 heterocycles. The highest BCUT2D eigenvalue weighted by Gasteiger charge is 2.26. The number of fused-ring (bicyclic) bond motifs is 5. The van der Waals surface area contributed by atoms with Crippen molar-refractivity contribution < 1.29 is 0 Å². The zero-order valence-electron chi connectivity index (χ0n) is 31.7. The van der Waals surface area contributed by atoms with E-state index in [1.54, 1.807) is 0 Å². The van der Waals surface area contributed by atoms with Crippen LogP contribution in [0.1, 0.15) is 40.1 Å². The van der Waals surface area contributed by atoms with Crippen LogP contribution in [0.4, 0.5) is 17.1 Å². The van der Waals surface area contributed by atoms with Crippen molar-refractivity contribution in [2.75, 3.05) is 4.90 Å². The molecule has 2 N–H and O–H groups in total.